The van der Waals surface area contributed by atoms with E-state index in [0.29, 0.717) is 29.5 Å². The van der Waals surface area contributed by atoms with Gasteiger partial charge in [-0.15, -0.1) is 0 Å². The Morgan fingerprint density at radius 1 is 0.833 bits per heavy atom. The van der Waals surface area contributed by atoms with Crippen LogP contribution in [0, 0.1) is 5.92 Å². The number of urea groups is 1. The van der Waals surface area contributed by atoms with Crippen LogP contribution in [0.1, 0.15) is 59.1 Å². The average Bonchev–Trinajstić information content (AvgIpc) is 3.45. The van der Waals surface area contributed by atoms with Gasteiger partial charge in [0.25, 0.3) is 5.91 Å². The van der Waals surface area contributed by atoms with Crippen molar-refractivity contribution >= 4 is 41.0 Å². The van der Waals surface area contributed by atoms with Crippen molar-refractivity contribution in [2.75, 3.05) is 0 Å². The van der Waals surface area contributed by atoms with E-state index in [1.165, 1.54) is 22.0 Å². The number of halogens is 8. The molecule has 1 aliphatic carbocycles. The third-order valence-electron chi connectivity index (χ3n) is 8.36. The van der Waals surface area contributed by atoms with Crippen molar-refractivity contribution in [2.24, 2.45) is 5.92 Å². The smallest absolute Gasteiger partial charge is 0.334 e. The number of carbonyl (C=O) groups excluding carboxylic acids is 3. The summed E-state index contributed by atoms with van der Waals surface area (Å²) in [6, 6.07) is 3.51. The minimum Gasteiger partial charge on any atom is -0.334 e. The maximum absolute atomic E-state index is 13.8. The van der Waals surface area contributed by atoms with Gasteiger partial charge in [-0.05, 0) is 71.7 Å². The van der Waals surface area contributed by atoms with Gasteiger partial charge in [0.15, 0.2) is 0 Å². The molecule has 2 fully saturated rings. The van der Waals surface area contributed by atoms with Gasteiger partial charge < -0.3 is 10.2 Å². The number of amides is 4. The highest BCUT2D eigenvalue weighted by atomic mass is 35.5. The molecule has 4 aliphatic rings. The molecule has 42 heavy (non-hydrogen) atoms. The Hall–Kier alpha value is -3.03. The minimum atomic E-state index is -4.67. The number of fused-ring (bicyclic) bond motifs is 2. The highest BCUT2D eigenvalue weighted by Crippen LogP contribution is 2.47. The standard InChI is InChI=1S/C27H22Cl2F6N4O3/c28-20-7-15-10-37(9-13(15)5-18(20)26(30,31)32)22(40)3-4-25(17-1-2-17)23(41)39(24(42)36-25)38-11-14-6-19(27(33,34)35)21(29)8-16(14)12-38/h5-8,17H,1-4,9-12H2,(H,36,42)/t25-/m0/s1. The third-order valence-corrected chi connectivity index (χ3v) is 8.98. The second kappa shape index (κ2) is 9.75. The molecular formula is C27H22Cl2F6N4O3. The summed E-state index contributed by atoms with van der Waals surface area (Å²) in [6.45, 7) is -0.126. The number of nitrogens with one attached hydrogen (secondary N) is 1. The van der Waals surface area contributed by atoms with Crippen molar-refractivity contribution in [1.29, 1.82) is 0 Å². The summed E-state index contributed by atoms with van der Waals surface area (Å²) in [5.41, 5.74) is -1.80. The minimum absolute atomic E-state index is 0.0134. The summed E-state index contributed by atoms with van der Waals surface area (Å²) in [5, 5.41) is 4.07. The van der Waals surface area contributed by atoms with Crippen molar-refractivity contribution in [3.63, 3.8) is 0 Å². The van der Waals surface area contributed by atoms with Crippen molar-refractivity contribution in [3.8, 4) is 0 Å². The molecule has 15 heteroatoms. The number of nitrogens with zero attached hydrogens (tertiary/aromatic N) is 3. The lowest BCUT2D eigenvalue weighted by molar-refractivity contribution is -0.145. The van der Waals surface area contributed by atoms with E-state index in [2.05, 4.69) is 5.32 Å². The largest absolute Gasteiger partial charge is 0.417 e. The fraction of sp³-hybridized carbons (Fsp3) is 0.444. The zero-order valence-electron chi connectivity index (χ0n) is 21.6. The van der Waals surface area contributed by atoms with E-state index in [1.807, 2.05) is 0 Å². The van der Waals surface area contributed by atoms with Crippen LogP contribution in [0.15, 0.2) is 24.3 Å². The number of rotatable bonds is 5. The first-order valence-electron chi connectivity index (χ1n) is 13.0. The van der Waals surface area contributed by atoms with Gasteiger partial charge >= 0.3 is 18.4 Å². The van der Waals surface area contributed by atoms with Crippen molar-refractivity contribution in [1.82, 2.24) is 20.2 Å². The van der Waals surface area contributed by atoms with Crippen LogP contribution in [0.4, 0.5) is 31.1 Å². The first kappa shape index (κ1) is 29.1. The van der Waals surface area contributed by atoms with Gasteiger partial charge in [-0.3, -0.25) is 9.59 Å². The number of hydrogen-bond donors (Lipinski definition) is 1. The fourth-order valence-electron chi connectivity index (χ4n) is 6.10. The lowest BCUT2D eigenvalue weighted by Crippen LogP contribution is -2.51. The van der Waals surface area contributed by atoms with E-state index in [-0.39, 0.29) is 50.5 Å². The molecule has 1 atom stereocenters. The summed E-state index contributed by atoms with van der Waals surface area (Å²) in [5.74, 6) is -1.23. The molecule has 0 radical (unpaired) electrons. The lowest BCUT2D eigenvalue weighted by Gasteiger charge is -2.29. The van der Waals surface area contributed by atoms with Crippen molar-refractivity contribution < 1.29 is 40.7 Å². The lowest BCUT2D eigenvalue weighted by atomic mass is 9.87. The van der Waals surface area contributed by atoms with Gasteiger partial charge in [-0.25, -0.2) is 9.80 Å². The van der Waals surface area contributed by atoms with Crippen LogP contribution in [-0.2, 0) is 48.1 Å². The van der Waals surface area contributed by atoms with E-state index < -0.39 is 56.9 Å². The Kier molecular flexibility index (Phi) is 6.74. The number of hydrazine groups is 1. The molecule has 1 N–H and O–H groups in total. The van der Waals surface area contributed by atoms with Gasteiger partial charge in [0.05, 0.1) is 21.2 Å². The quantitative estimate of drug-likeness (QED) is 0.310. The Morgan fingerprint density at radius 3 is 1.81 bits per heavy atom. The van der Waals surface area contributed by atoms with Crippen LogP contribution in [0.5, 0.6) is 0 Å². The first-order chi connectivity index (χ1) is 19.6. The molecule has 1 saturated carbocycles. The molecule has 0 spiro atoms. The van der Waals surface area contributed by atoms with Crippen LogP contribution in [0.2, 0.25) is 10.0 Å². The highest BCUT2D eigenvalue weighted by molar-refractivity contribution is 6.31. The molecule has 0 aromatic heterocycles. The summed E-state index contributed by atoms with van der Waals surface area (Å²) in [4.78, 5) is 41.4. The molecule has 0 unspecified atom stereocenters. The van der Waals surface area contributed by atoms with Gasteiger partial charge in [-0.2, -0.15) is 31.4 Å². The van der Waals surface area contributed by atoms with Crippen LogP contribution < -0.4 is 5.32 Å². The average molecular weight is 635 g/mol. The molecule has 4 amide bonds. The second-order valence-electron chi connectivity index (χ2n) is 11.1. The van der Waals surface area contributed by atoms with Gasteiger partial charge in [0.2, 0.25) is 5.91 Å². The monoisotopic (exact) mass is 634 g/mol. The van der Waals surface area contributed by atoms with E-state index in [4.69, 9.17) is 23.2 Å². The van der Waals surface area contributed by atoms with Gasteiger partial charge in [0, 0.05) is 32.6 Å². The van der Waals surface area contributed by atoms with Crippen molar-refractivity contribution in [2.45, 2.75) is 69.8 Å². The molecule has 2 aromatic carbocycles. The number of alkyl halides is 6. The molecule has 3 heterocycles. The van der Waals surface area contributed by atoms with E-state index >= 15 is 0 Å². The van der Waals surface area contributed by atoms with E-state index in [0.717, 1.165) is 17.1 Å². The Balaban J connectivity index is 1.16. The number of benzene rings is 2. The van der Waals surface area contributed by atoms with Crippen LogP contribution in [0.3, 0.4) is 0 Å². The normalized spacial score (nSPS) is 22.6. The molecule has 1 saturated heterocycles. The number of hydrogen-bond acceptors (Lipinski definition) is 4. The van der Waals surface area contributed by atoms with E-state index in [1.54, 1.807) is 0 Å². The summed E-state index contributed by atoms with van der Waals surface area (Å²) < 4.78 is 79.9. The molecular weight excluding hydrogens is 613 g/mol. The van der Waals surface area contributed by atoms with Gasteiger partial charge in [-0.1, -0.05) is 23.2 Å². The van der Waals surface area contributed by atoms with Crippen molar-refractivity contribution in [3.05, 3.63) is 67.7 Å². The van der Waals surface area contributed by atoms with Gasteiger partial charge in [0.1, 0.15) is 5.54 Å². The van der Waals surface area contributed by atoms with Crippen LogP contribution >= 0.6 is 23.2 Å². The van der Waals surface area contributed by atoms with Crippen LogP contribution in [-0.4, -0.2) is 38.3 Å². The second-order valence-corrected chi connectivity index (χ2v) is 11.9. The predicted octanol–water partition coefficient (Wildman–Crippen LogP) is 6.28. The molecule has 3 aliphatic heterocycles. The number of carbonyl (C=O) groups is 3. The Bertz CT molecular complexity index is 1530. The summed E-state index contributed by atoms with van der Waals surface area (Å²) in [7, 11) is 0. The van der Waals surface area contributed by atoms with Crippen LogP contribution in [0.25, 0.3) is 0 Å². The molecule has 2 aromatic rings. The fourth-order valence-corrected chi connectivity index (χ4v) is 6.69. The summed E-state index contributed by atoms with van der Waals surface area (Å²) >= 11 is 11.7. The molecule has 7 nitrogen and oxygen atoms in total. The zero-order valence-corrected chi connectivity index (χ0v) is 23.1. The summed E-state index contributed by atoms with van der Waals surface area (Å²) in [6.07, 6.45) is -8.24. The molecule has 224 valence electrons. The zero-order chi connectivity index (χ0) is 30.4. The molecule has 6 rings (SSSR count). The highest BCUT2D eigenvalue weighted by Gasteiger charge is 2.60. The van der Waals surface area contributed by atoms with E-state index in [9.17, 15) is 40.7 Å². The third kappa shape index (κ3) is 4.88. The Labute approximate surface area is 245 Å². The molecule has 0 bridgehead atoms. The first-order valence-corrected chi connectivity index (χ1v) is 13.8. The Morgan fingerprint density at radius 2 is 1.31 bits per heavy atom. The predicted molar refractivity (Wildman–Crippen MR) is 136 cm³/mol. The number of imide groups is 1. The maximum Gasteiger partial charge on any atom is 0.417 e. The SMILES string of the molecule is O=C(CC[C@@]1(C2CC2)NC(=O)N(N2Cc3cc(Cl)c(C(F)(F)F)cc3C2)C1=O)N1Cc2cc(Cl)c(C(F)(F)F)cc2C1. The topological polar surface area (TPSA) is 73.0 Å². The maximum atomic E-state index is 13.8.